The van der Waals surface area contributed by atoms with Gasteiger partial charge in [0.05, 0.1) is 29.6 Å². The molecule has 0 saturated carbocycles. The number of benzene rings is 3. The van der Waals surface area contributed by atoms with Crippen LogP contribution in [0.3, 0.4) is 0 Å². The summed E-state index contributed by atoms with van der Waals surface area (Å²) in [6.45, 7) is 6.18. The van der Waals surface area contributed by atoms with Crippen LogP contribution in [0.5, 0.6) is 5.75 Å². The lowest BCUT2D eigenvalue weighted by atomic mass is 9.85. The number of ether oxygens (including phenoxy) is 1. The van der Waals surface area contributed by atoms with Crippen molar-refractivity contribution in [3.8, 4) is 5.75 Å². The normalized spacial score (nSPS) is 17.4. The van der Waals surface area contributed by atoms with Crippen molar-refractivity contribution in [1.82, 2.24) is 4.98 Å². The highest BCUT2D eigenvalue weighted by Crippen LogP contribution is 2.44. The van der Waals surface area contributed by atoms with Crippen LogP contribution < -0.4 is 9.64 Å². The van der Waals surface area contributed by atoms with Crippen molar-refractivity contribution in [1.29, 1.82) is 0 Å². The first kappa shape index (κ1) is 24.3. The van der Waals surface area contributed by atoms with Gasteiger partial charge in [0.15, 0.2) is 0 Å². The summed E-state index contributed by atoms with van der Waals surface area (Å²) in [5, 5.41) is 13.4. The molecule has 186 valence electrons. The minimum atomic E-state index is -0.921. The summed E-state index contributed by atoms with van der Waals surface area (Å²) < 4.78 is 5.55. The molecule has 1 atom stereocenters. The second kappa shape index (κ2) is 9.21. The highest BCUT2D eigenvalue weighted by molar-refractivity contribution is 6.52. The van der Waals surface area contributed by atoms with E-state index in [1.165, 1.54) is 12.0 Å². The van der Waals surface area contributed by atoms with Gasteiger partial charge < -0.3 is 9.84 Å². The van der Waals surface area contributed by atoms with E-state index < -0.39 is 17.7 Å². The zero-order valence-electron chi connectivity index (χ0n) is 21.2. The van der Waals surface area contributed by atoms with Crippen LogP contribution in [-0.2, 0) is 15.0 Å². The van der Waals surface area contributed by atoms with Gasteiger partial charge in [-0.25, -0.2) is 0 Å². The van der Waals surface area contributed by atoms with Gasteiger partial charge in [-0.05, 0) is 46.7 Å². The molecule has 1 aromatic heterocycles. The Morgan fingerprint density at radius 1 is 0.946 bits per heavy atom. The van der Waals surface area contributed by atoms with E-state index in [0.717, 1.165) is 16.3 Å². The Morgan fingerprint density at radius 3 is 2.38 bits per heavy atom. The average molecular weight is 493 g/mol. The number of carbonyl (C=O) groups is 2. The lowest BCUT2D eigenvalue weighted by molar-refractivity contribution is -0.132. The number of fused-ring (bicyclic) bond motifs is 1. The zero-order chi connectivity index (χ0) is 26.3. The van der Waals surface area contributed by atoms with Gasteiger partial charge in [-0.2, -0.15) is 0 Å². The third-order valence-electron chi connectivity index (χ3n) is 6.76. The minimum absolute atomic E-state index is 0.0269. The highest BCUT2D eigenvalue weighted by atomic mass is 16.5. The standard InChI is InChI=1S/C31H28N2O4/c1-31(2,3)20-15-16-25(37-4)22(18-20)28(34)26-27(23-13-7-8-17-32-23)33(30(36)29(26)35)24-14-9-11-19-10-5-6-12-21(19)24/h5-18,27,34H,1-4H3/b28-26+. The third kappa shape index (κ3) is 4.14. The Hall–Kier alpha value is -4.45. The molecule has 0 aliphatic carbocycles. The van der Waals surface area contributed by atoms with E-state index in [0.29, 0.717) is 22.7 Å². The number of amides is 1. The van der Waals surface area contributed by atoms with E-state index in [4.69, 9.17) is 4.74 Å². The number of aliphatic hydroxyl groups excluding tert-OH is 1. The maximum Gasteiger partial charge on any atom is 0.300 e. The summed E-state index contributed by atoms with van der Waals surface area (Å²) in [5.74, 6) is -1.38. The number of Topliss-reactive ketones (excluding diaryl/α,β-unsaturated/α-hetero) is 1. The number of ketones is 1. The van der Waals surface area contributed by atoms with Gasteiger partial charge in [0, 0.05) is 11.6 Å². The largest absolute Gasteiger partial charge is 0.507 e. The predicted molar refractivity (Wildman–Crippen MR) is 145 cm³/mol. The summed E-state index contributed by atoms with van der Waals surface area (Å²) in [4.78, 5) is 33.2. The van der Waals surface area contributed by atoms with Gasteiger partial charge in [0.1, 0.15) is 17.6 Å². The number of aromatic nitrogens is 1. The number of aliphatic hydroxyl groups is 1. The van der Waals surface area contributed by atoms with Crippen LogP contribution in [0.15, 0.2) is 90.6 Å². The molecule has 0 spiro atoms. The Morgan fingerprint density at radius 2 is 1.68 bits per heavy atom. The van der Waals surface area contributed by atoms with Crippen molar-refractivity contribution >= 4 is 33.9 Å². The smallest absolute Gasteiger partial charge is 0.300 e. The van der Waals surface area contributed by atoms with Gasteiger partial charge in [-0.1, -0.05) is 69.3 Å². The summed E-state index contributed by atoms with van der Waals surface area (Å²) in [6, 6.07) is 23.2. The first-order chi connectivity index (χ1) is 17.7. The molecule has 37 heavy (non-hydrogen) atoms. The number of methoxy groups -OCH3 is 1. The van der Waals surface area contributed by atoms with Crippen molar-refractivity contribution < 1.29 is 19.4 Å². The van der Waals surface area contributed by atoms with Gasteiger partial charge in [0.2, 0.25) is 0 Å². The fourth-order valence-corrected chi connectivity index (χ4v) is 4.82. The van der Waals surface area contributed by atoms with Crippen LogP contribution in [0, 0.1) is 0 Å². The Balaban J connectivity index is 1.79. The van der Waals surface area contributed by atoms with Crippen molar-refractivity contribution in [2.24, 2.45) is 0 Å². The molecule has 6 nitrogen and oxygen atoms in total. The maximum atomic E-state index is 13.6. The van der Waals surface area contributed by atoms with E-state index in [1.54, 1.807) is 30.5 Å². The number of hydrogen-bond acceptors (Lipinski definition) is 5. The van der Waals surface area contributed by atoms with Crippen molar-refractivity contribution in [3.05, 3.63) is 107 Å². The number of anilines is 1. The molecule has 0 radical (unpaired) electrons. The van der Waals surface area contributed by atoms with Gasteiger partial charge in [-0.15, -0.1) is 0 Å². The van der Waals surface area contributed by atoms with Crippen LogP contribution in [0.25, 0.3) is 16.5 Å². The van der Waals surface area contributed by atoms with E-state index in [-0.39, 0.29) is 16.7 Å². The number of hydrogen-bond donors (Lipinski definition) is 1. The molecule has 3 aromatic carbocycles. The molecule has 1 amide bonds. The quantitative estimate of drug-likeness (QED) is 0.209. The second-order valence-electron chi connectivity index (χ2n) is 10.1. The van der Waals surface area contributed by atoms with E-state index >= 15 is 0 Å². The van der Waals surface area contributed by atoms with E-state index in [1.807, 2.05) is 54.6 Å². The molecule has 6 heteroatoms. The Bertz CT molecular complexity index is 1550. The molecule has 1 saturated heterocycles. The molecule has 1 fully saturated rings. The number of pyridine rings is 1. The predicted octanol–water partition coefficient (Wildman–Crippen LogP) is 6.17. The lowest BCUT2D eigenvalue weighted by Crippen LogP contribution is -2.30. The molecule has 1 aliphatic heterocycles. The molecular formula is C31H28N2O4. The summed E-state index contributed by atoms with van der Waals surface area (Å²) in [7, 11) is 1.51. The minimum Gasteiger partial charge on any atom is -0.507 e. The molecule has 0 bridgehead atoms. The molecular weight excluding hydrogens is 464 g/mol. The van der Waals surface area contributed by atoms with E-state index in [9.17, 15) is 14.7 Å². The van der Waals surface area contributed by atoms with Crippen LogP contribution in [0.4, 0.5) is 5.69 Å². The number of carbonyl (C=O) groups excluding carboxylic acids is 2. The first-order valence-corrected chi connectivity index (χ1v) is 12.1. The first-order valence-electron chi connectivity index (χ1n) is 12.1. The van der Waals surface area contributed by atoms with Gasteiger partial charge in [0.25, 0.3) is 11.7 Å². The third-order valence-corrected chi connectivity index (χ3v) is 6.76. The molecule has 2 heterocycles. The summed E-state index contributed by atoms with van der Waals surface area (Å²) in [5.41, 5.74) is 2.12. The number of rotatable bonds is 4. The monoisotopic (exact) mass is 492 g/mol. The van der Waals surface area contributed by atoms with Crippen LogP contribution in [0.1, 0.15) is 43.6 Å². The Labute approximate surface area is 215 Å². The lowest BCUT2D eigenvalue weighted by Gasteiger charge is -2.26. The molecule has 5 rings (SSSR count). The topological polar surface area (TPSA) is 79.7 Å². The molecule has 4 aromatic rings. The van der Waals surface area contributed by atoms with Crippen molar-refractivity contribution in [2.45, 2.75) is 32.2 Å². The second-order valence-corrected chi connectivity index (χ2v) is 10.1. The van der Waals surface area contributed by atoms with Crippen molar-refractivity contribution in [2.75, 3.05) is 12.0 Å². The molecule has 1 unspecified atom stereocenters. The SMILES string of the molecule is COc1ccc(C(C)(C)C)cc1/C(O)=C1\C(=O)C(=O)N(c2cccc3ccccc23)C1c1ccccn1. The maximum absolute atomic E-state index is 13.6. The fourth-order valence-electron chi connectivity index (χ4n) is 4.82. The van der Waals surface area contributed by atoms with Crippen LogP contribution >= 0.6 is 0 Å². The summed E-state index contributed by atoms with van der Waals surface area (Å²) in [6.07, 6.45) is 1.61. The van der Waals surface area contributed by atoms with Crippen LogP contribution in [0.2, 0.25) is 0 Å². The Kier molecular flexibility index (Phi) is 6.04. The molecule has 1 aliphatic rings. The van der Waals surface area contributed by atoms with Crippen molar-refractivity contribution in [3.63, 3.8) is 0 Å². The average Bonchev–Trinajstić information content (AvgIpc) is 3.17. The molecule has 1 N–H and O–H groups in total. The highest BCUT2D eigenvalue weighted by Gasteiger charge is 2.48. The van der Waals surface area contributed by atoms with Gasteiger partial charge >= 0.3 is 0 Å². The van der Waals surface area contributed by atoms with Crippen LogP contribution in [-0.4, -0.2) is 28.9 Å². The van der Waals surface area contributed by atoms with Gasteiger partial charge in [-0.3, -0.25) is 19.5 Å². The number of nitrogens with zero attached hydrogens (tertiary/aromatic N) is 2. The summed E-state index contributed by atoms with van der Waals surface area (Å²) >= 11 is 0. The zero-order valence-corrected chi connectivity index (χ0v) is 21.2. The van der Waals surface area contributed by atoms with E-state index in [2.05, 4.69) is 25.8 Å². The fraction of sp³-hybridized carbons (Fsp3) is 0.194.